The minimum atomic E-state index is -4.57. The maximum atomic E-state index is 14.2. The normalized spacial score (nSPS) is 18.7. The van der Waals surface area contributed by atoms with Gasteiger partial charge in [0.25, 0.3) is 5.91 Å². The lowest BCUT2D eigenvalue weighted by atomic mass is 9.71. The fraction of sp³-hybridized carbons (Fsp3) is 0.545. The van der Waals surface area contributed by atoms with E-state index >= 15 is 0 Å². The fourth-order valence-electron chi connectivity index (χ4n) is 5.90. The lowest BCUT2D eigenvalue weighted by Gasteiger charge is -2.44. The van der Waals surface area contributed by atoms with Gasteiger partial charge in [0.2, 0.25) is 0 Å². The van der Waals surface area contributed by atoms with E-state index in [9.17, 15) is 22.8 Å². The van der Waals surface area contributed by atoms with Crippen LogP contribution in [-0.4, -0.2) is 28.8 Å². The number of alkyl halides is 3. The number of hydrogen-bond acceptors (Lipinski definition) is 3. The Hall–Kier alpha value is -2.96. The van der Waals surface area contributed by atoms with Crippen LogP contribution in [0.3, 0.4) is 0 Å². The molecule has 0 radical (unpaired) electrons. The molecule has 0 spiro atoms. The van der Waals surface area contributed by atoms with Crippen molar-refractivity contribution in [1.29, 1.82) is 5.41 Å². The molecule has 218 valence electrons. The molecule has 0 aromatic heterocycles. The topological polar surface area (TPSA) is 61.2 Å². The van der Waals surface area contributed by atoms with E-state index in [1.54, 1.807) is 24.0 Å². The summed E-state index contributed by atoms with van der Waals surface area (Å²) in [6, 6.07) is 10.2. The van der Waals surface area contributed by atoms with E-state index < -0.39 is 23.4 Å². The molecule has 2 aromatic rings. The molecule has 0 heterocycles. The van der Waals surface area contributed by atoms with Crippen LogP contribution in [0.4, 0.5) is 13.2 Å². The third-order valence-electron chi connectivity index (χ3n) is 8.40. The van der Waals surface area contributed by atoms with Crippen molar-refractivity contribution in [3.63, 3.8) is 0 Å². The van der Waals surface area contributed by atoms with Crippen molar-refractivity contribution in [3.8, 4) is 0 Å². The second kappa shape index (κ2) is 13.1. The molecule has 1 fully saturated rings. The Balaban J connectivity index is 2.07. The average Bonchev–Trinajstić information content (AvgIpc) is 2.93. The van der Waals surface area contributed by atoms with E-state index in [2.05, 4.69) is 27.7 Å². The van der Waals surface area contributed by atoms with E-state index in [0.717, 1.165) is 62.5 Å². The van der Waals surface area contributed by atoms with Crippen LogP contribution in [0.5, 0.6) is 0 Å². The smallest absolute Gasteiger partial charge is 0.327 e. The molecule has 1 aliphatic carbocycles. The van der Waals surface area contributed by atoms with Gasteiger partial charge in [-0.25, -0.2) is 0 Å². The molecule has 1 amide bonds. The van der Waals surface area contributed by atoms with Gasteiger partial charge in [-0.05, 0) is 79.2 Å². The number of amides is 1. The fourth-order valence-corrected chi connectivity index (χ4v) is 5.90. The molecule has 1 atom stereocenters. The maximum absolute atomic E-state index is 14.2. The molecule has 2 aromatic carbocycles. The highest BCUT2D eigenvalue weighted by atomic mass is 19.4. The lowest BCUT2D eigenvalue weighted by molar-refractivity contribution is -0.137. The van der Waals surface area contributed by atoms with Gasteiger partial charge in [0.05, 0.1) is 11.6 Å². The quantitative estimate of drug-likeness (QED) is 0.235. The van der Waals surface area contributed by atoms with E-state index in [1.807, 2.05) is 12.1 Å². The summed E-state index contributed by atoms with van der Waals surface area (Å²) in [6.45, 7) is 10.5. The summed E-state index contributed by atoms with van der Waals surface area (Å²) >= 11 is 0. The molecule has 0 aliphatic heterocycles. The summed E-state index contributed by atoms with van der Waals surface area (Å²) < 4.78 is 41.1. The van der Waals surface area contributed by atoms with Crippen molar-refractivity contribution in [2.24, 2.45) is 11.3 Å². The molecular weight excluding hydrogens is 513 g/mol. The van der Waals surface area contributed by atoms with Crippen LogP contribution in [0.1, 0.15) is 118 Å². The predicted molar refractivity (Wildman–Crippen MR) is 154 cm³/mol. The number of nitrogens with one attached hydrogen (secondary N) is 1. The maximum Gasteiger partial charge on any atom is 0.416 e. The van der Waals surface area contributed by atoms with Gasteiger partial charge in [0, 0.05) is 17.2 Å². The number of hydrogen-bond donors (Lipinski definition) is 1. The molecule has 7 heteroatoms. The first-order valence-electron chi connectivity index (χ1n) is 14.5. The lowest BCUT2D eigenvalue weighted by Crippen LogP contribution is -2.48. The first-order chi connectivity index (χ1) is 18.8. The van der Waals surface area contributed by atoms with Crippen LogP contribution in [-0.2, 0) is 17.4 Å². The van der Waals surface area contributed by atoms with Crippen molar-refractivity contribution in [1.82, 2.24) is 4.90 Å². The van der Waals surface area contributed by atoms with Crippen molar-refractivity contribution >= 4 is 17.9 Å². The first-order valence-corrected chi connectivity index (χ1v) is 14.5. The minimum absolute atomic E-state index is 0.00408. The molecule has 1 aliphatic rings. The van der Waals surface area contributed by atoms with Gasteiger partial charge >= 0.3 is 6.18 Å². The number of aryl methyl sites for hydroxylation is 1. The van der Waals surface area contributed by atoms with Crippen molar-refractivity contribution in [3.05, 3.63) is 70.3 Å². The van der Waals surface area contributed by atoms with E-state index in [0.29, 0.717) is 29.9 Å². The highest BCUT2D eigenvalue weighted by Crippen LogP contribution is 2.42. The molecule has 4 nitrogen and oxygen atoms in total. The van der Waals surface area contributed by atoms with Gasteiger partial charge in [-0.3, -0.25) is 15.0 Å². The van der Waals surface area contributed by atoms with Crippen LogP contribution < -0.4 is 0 Å². The molecule has 0 saturated heterocycles. The Morgan fingerprint density at radius 1 is 1.02 bits per heavy atom. The van der Waals surface area contributed by atoms with E-state index in [1.165, 1.54) is 6.07 Å². The average molecular weight is 557 g/mol. The standard InChI is InChI=1S/C33H43F3N2O2/c1-6-8-9-29(24-12-10-23(21-39)11-13-24)38(28-16-14-26(15-17-28)32(3,4)5)31(40)30(37)25-18-22(7-2)19-27(20-25)33(34,35)36/h10-13,18-21,26,28-29,37H,6-9,14-17H2,1-5H3. The Bertz CT molecular complexity index is 1170. The number of unbranched alkanes of at least 4 members (excludes halogenated alkanes) is 1. The summed E-state index contributed by atoms with van der Waals surface area (Å²) in [5.41, 5.74) is 0.727. The number of nitrogens with zero attached hydrogens (tertiary/aromatic N) is 1. The van der Waals surface area contributed by atoms with Gasteiger partial charge in [-0.1, -0.05) is 71.7 Å². The van der Waals surface area contributed by atoms with Crippen molar-refractivity contribution < 1.29 is 22.8 Å². The van der Waals surface area contributed by atoms with Gasteiger partial charge in [-0.2, -0.15) is 13.2 Å². The molecule has 1 N–H and O–H groups in total. The number of carbonyl (C=O) groups is 2. The zero-order valence-corrected chi connectivity index (χ0v) is 24.4. The number of halogens is 3. The molecule has 40 heavy (non-hydrogen) atoms. The summed E-state index contributed by atoms with van der Waals surface area (Å²) in [7, 11) is 0. The van der Waals surface area contributed by atoms with Crippen LogP contribution in [0.15, 0.2) is 42.5 Å². The molecule has 1 unspecified atom stereocenters. The molecule has 0 bridgehead atoms. The summed E-state index contributed by atoms with van der Waals surface area (Å²) in [6.07, 6.45) is 2.43. The highest BCUT2D eigenvalue weighted by molar-refractivity contribution is 6.44. The van der Waals surface area contributed by atoms with Gasteiger partial charge in [0.15, 0.2) is 0 Å². The highest BCUT2D eigenvalue weighted by Gasteiger charge is 2.39. The number of aldehydes is 1. The van der Waals surface area contributed by atoms with Crippen molar-refractivity contribution in [2.45, 2.75) is 104 Å². The first kappa shape index (κ1) is 31.6. The van der Waals surface area contributed by atoms with E-state index in [4.69, 9.17) is 5.41 Å². The predicted octanol–water partition coefficient (Wildman–Crippen LogP) is 8.81. The Kier molecular flexibility index (Phi) is 10.4. The van der Waals surface area contributed by atoms with Crippen LogP contribution >= 0.6 is 0 Å². The summed E-state index contributed by atoms with van der Waals surface area (Å²) in [4.78, 5) is 27.3. The van der Waals surface area contributed by atoms with Crippen LogP contribution in [0, 0.1) is 16.7 Å². The zero-order valence-electron chi connectivity index (χ0n) is 24.4. The third kappa shape index (κ3) is 7.61. The Morgan fingerprint density at radius 2 is 1.65 bits per heavy atom. The van der Waals surface area contributed by atoms with Gasteiger partial charge < -0.3 is 4.90 Å². The second-order valence-corrected chi connectivity index (χ2v) is 12.2. The van der Waals surface area contributed by atoms with Crippen LogP contribution in [0.25, 0.3) is 0 Å². The number of benzene rings is 2. The third-order valence-corrected chi connectivity index (χ3v) is 8.40. The Morgan fingerprint density at radius 3 is 2.15 bits per heavy atom. The summed E-state index contributed by atoms with van der Waals surface area (Å²) in [5.74, 6) is -0.0298. The number of carbonyl (C=O) groups excluding carboxylic acids is 2. The van der Waals surface area contributed by atoms with E-state index in [-0.39, 0.29) is 23.1 Å². The minimum Gasteiger partial charge on any atom is -0.327 e. The molecule has 1 saturated carbocycles. The Labute approximate surface area is 236 Å². The summed E-state index contributed by atoms with van der Waals surface area (Å²) in [5, 5.41) is 8.89. The SMILES string of the molecule is CCCCC(c1ccc(C=O)cc1)N(C(=O)C(=N)c1cc(CC)cc(C(F)(F)F)c1)C1CCC(C(C)(C)C)CC1. The van der Waals surface area contributed by atoms with Gasteiger partial charge in [-0.15, -0.1) is 0 Å². The van der Waals surface area contributed by atoms with Gasteiger partial charge in [0.1, 0.15) is 12.0 Å². The molecular formula is C33H43F3N2O2. The zero-order chi connectivity index (χ0) is 29.7. The monoisotopic (exact) mass is 556 g/mol. The largest absolute Gasteiger partial charge is 0.416 e. The molecule has 3 rings (SSSR count). The second-order valence-electron chi connectivity index (χ2n) is 12.2. The van der Waals surface area contributed by atoms with Crippen LogP contribution in [0.2, 0.25) is 0 Å². The van der Waals surface area contributed by atoms with Crippen molar-refractivity contribution in [2.75, 3.05) is 0 Å². The number of rotatable bonds is 10.